The first-order chi connectivity index (χ1) is 10.3. The summed E-state index contributed by atoms with van der Waals surface area (Å²) in [6.45, 7) is 1.47. The van der Waals surface area contributed by atoms with Crippen LogP contribution in [0.3, 0.4) is 0 Å². The molecule has 4 rings (SSSR count). The molecule has 4 heterocycles. The minimum atomic E-state index is 0.0674. The zero-order chi connectivity index (χ0) is 14.2. The van der Waals surface area contributed by atoms with E-state index < -0.39 is 0 Å². The first kappa shape index (κ1) is 12.1. The van der Waals surface area contributed by atoms with E-state index in [0.717, 1.165) is 24.4 Å². The number of imidazole rings is 1. The van der Waals surface area contributed by atoms with Crippen LogP contribution in [-0.4, -0.2) is 38.3 Å². The number of hydrogen-bond donors (Lipinski definition) is 0. The van der Waals surface area contributed by atoms with Crippen molar-refractivity contribution in [3.63, 3.8) is 0 Å². The number of hydrogen-bond acceptors (Lipinski definition) is 3. The van der Waals surface area contributed by atoms with E-state index in [9.17, 15) is 4.79 Å². The van der Waals surface area contributed by atoms with Gasteiger partial charge in [-0.15, -0.1) is 0 Å². The highest BCUT2D eigenvalue weighted by molar-refractivity contribution is 5.94. The Balaban J connectivity index is 1.49. The predicted octanol–water partition coefficient (Wildman–Crippen LogP) is 1.97. The molecule has 0 atom stereocenters. The Morgan fingerprint density at radius 3 is 2.81 bits per heavy atom. The summed E-state index contributed by atoms with van der Waals surface area (Å²) in [5.41, 5.74) is 2.60. The van der Waals surface area contributed by atoms with Crippen LogP contribution in [0.15, 0.2) is 55.1 Å². The lowest BCUT2D eigenvalue weighted by Crippen LogP contribution is -2.48. The maximum absolute atomic E-state index is 12.4. The van der Waals surface area contributed by atoms with Gasteiger partial charge in [0.25, 0.3) is 5.91 Å². The van der Waals surface area contributed by atoms with Gasteiger partial charge in [0.15, 0.2) is 0 Å². The fourth-order valence-electron chi connectivity index (χ4n) is 2.68. The third-order valence-electron chi connectivity index (χ3n) is 3.91. The van der Waals surface area contributed by atoms with E-state index in [1.165, 1.54) is 0 Å². The lowest BCUT2D eigenvalue weighted by Gasteiger charge is -2.38. The zero-order valence-electron chi connectivity index (χ0n) is 11.4. The maximum atomic E-state index is 12.4. The molecule has 0 bridgehead atoms. The molecule has 104 valence electrons. The van der Waals surface area contributed by atoms with Gasteiger partial charge in [-0.1, -0.05) is 6.07 Å². The molecule has 0 aromatic carbocycles. The molecule has 1 aliphatic rings. The highest BCUT2D eigenvalue weighted by Gasteiger charge is 2.33. The zero-order valence-corrected chi connectivity index (χ0v) is 11.4. The van der Waals surface area contributed by atoms with Gasteiger partial charge in [0, 0.05) is 49.5 Å². The molecule has 0 radical (unpaired) electrons. The topological polar surface area (TPSA) is 50.5 Å². The Bertz CT molecular complexity index is 790. The summed E-state index contributed by atoms with van der Waals surface area (Å²) in [4.78, 5) is 22.8. The van der Waals surface area contributed by atoms with Crippen molar-refractivity contribution in [2.24, 2.45) is 0 Å². The molecule has 0 aliphatic carbocycles. The monoisotopic (exact) mass is 278 g/mol. The van der Waals surface area contributed by atoms with Gasteiger partial charge in [-0.25, -0.2) is 4.98 Å². The number of fused-ring (bicyclic) bond motifs is 1. The van der Waals surface area contributed by atoms with E-state index in [0.29, 0.717) is 11.5 Å². The van der Waals surface area contributed by atoms with Crippen molar-refractivity contribution >= 4 is 11.6 Å². The summed E-state index contributed by atoms with van der Waals surface area (Å²) in [5, 5.41) is 0. The summed E-state index contributed by atoms with van der Waals surface area (Å²) in [6, 6.07) is 9.61. The maximum Gasteiger partial charge on any atom is 0.255 e. The number of nitrogens with zero attached hydrogens (tertiary/aromatic N) is 4. The highest BCUT2D eigenvalue weighted by atomic mass is 16.2. The van der Waals surface area contributed by atoms with Crippen molar-refractivity contribution in [2.45, 2.75) is 5.92 Å². The lowest BCUT2D eigenvalue weighted by atomic mass is 9.95. The quantitative estimate of drug-likeness (QED) is 0.720. The molecule has 0 N–H and O–H groups in total. The summed E-state index contributed by atoms with van der Waals surface area (Å²) in [6.07, 6.45) is 7.20. The number of pyridine rings is 2. The van der Waals surface area contributed by atoms with E-state index in [-0.39, 0.29) is 5.91 Å². The van der Waals surface area contributed by atoms with Gasteiger partial charge < -0.3 is 9.30 Å². The largest absolute Gasteiger partial charge is 0.337 e. The minimum Gasteiger partial charge on any atom is -0.337 e. The molecular formula is C16H14N4O. The van der Waals surface area contributed by atoms with E-state index in [4.69, 9.17) is 0 Å². The van der Waals surface area contributed by atoms with Gasteiger partial charge in [-0.2, -0.15) is 0 Å². The van der Waals surface area contributed by atoms with Gasteiger partial charge in [0.05, 0.1) is 5.56 Å². The third-order valence-corrected chi connectivity index (χ3v) is 3.91. The molecule has 3 aromatic rings. The summed E-state index contributed by atoms with van der Waals surface area (Å²) in [5.74, 6) is 0.421. The van der Waals surface area contributed by atoms with Gasteiger partial charge in [0.1, 0.15) is 5.65 Å². The molecule has 1 saturated heterocycles. The number of aromatic nitrogens is 3. The first-order valence-corrected chi connectivity index (χ1v) is 6.94. The van der Waals surface area contributed by atoms with Crippen LogP contribution in [0.2, 0.25) is 0 Å². The molecule has 21 heavy (non-hydrogen) atoms. The van der Waals surface area contributed by atoms with Gasteiger partial charge in [-0.05, 0) is 24.3 Å². The van der Waals surface area contributed by atoms with E-state index in [1.54, 1.807) is 12.4 Å². The summed E-state index contributed by atoms with van der Waals surface area (Å²) >= 11 is 0. The number of carbonyl (C=O) groups excluding carboxylic acids is 1. The molecule has 5 heteroatoms. The molecule has 0 saturated carbocycles. The molecule has 5 nitrogen and oxygen atoms in total. The normalized spacial score (nSPS) is 15.1. The smallest absolute Gasteiger partial charge is 0.255 e. The Morgan fingerprint density at radius 2 is 2.00 bits per heavy atom. The number of likely N-dealkylation sites (tertiary alicyclic amines) is 1. The van der Waals surface area contributed by atoms with Crippen LogP contribution in [-0.2, 0) is 0 Å². The summed E-state index contributed by atoms with van der Waals surface area (Å²) in [7, 11) is 0. The molecule has 0 unspecified atom stereocenters. The molecular weight excluding hydrogens is 264 g/mol. The average molecular weight is 278 g/mol. The Hall–Kier alpha value is -2.69. The second kappa shape index (κ2) is 4.70. The second-order valence-electron chi connectivity index (χ2n) is 5.27. The first-order valence-electron chi connectivity index (χ1n) is 6.94. The Morgan fingerprint density at radius 1 is 1.10 bits per heavy atom. The van der Waals surface area contributed by atoms with Crippen LogP contribution in [0.1, 0.15) is 22.0 Å². The van der Waals surface area contributed by atoms with Crippen molar-refractivity contribution in [1.82, 2.24) is 19.3 Å². The number of rotatable bonds is 2. The third kappa shape index (κ3) is 2.07. The van der Waals surface area contributed by atoms with E-state index in [2.05, 4.69) is 9.97 Å². The Labute approximate surface area is 121 Å². The van der Waals surface area contributed by atoms with Crippen LogP contribution in [0.25, 0.3) is 5.65 Å². The molecule has 3 aromatic heterocycles. The predicted molar refractivity (Wildman–Crippen MR) is 78.1 cm³/mol. The SMILES string of the molecule is O=C(c1ccc2nccn2c1)N1CC(c2ccccn2)C1. The van der Waals surface area contributed by atoms with Crippen LogP contribution in [0, 0.1) is 0 Å². The van der Waals surface area contributed by atoms with Crippen LogP contribution >= 0.6 is 0 Å². The molecule has 1 aliphatic heterocycles. The number of amides is 1. The molecule has 1 fully saturated rings. The second-order valence-corrected chi connectivity index (χ2v) is 5.27. The van der Waals surface area contributed by atoms with Gasteiger partial charge >= 0.3 is 0 Å². The lowest BCUT2D eigenvalue weighted by molar-refractivity contribution is 0.0598. The molecule has 0 spiro atoms. The fraction of sp³-hybridized carbons (Fsp3) is 0.188. The van der Waals surface area contributed by atoms with E-state index >= 15 is 0 Å². The van der Waals surface area contributed by atoms with Crippen LogP contribution in [0.5, 0.6) is 0 Å². The van der Waals surface area contributed by atoms with Crippen molar-refractivity contribution in [1.29, 1.82) is 0 Å². The van der Waals surface area contributed by atoms with Crippen molar-refractivity contribution < 1.29 is 4.79 Å². The van der Waals surface area contributed by atoms with Crippen molar-refractivity contribution in [3.8, 4) is 0 Å². The van der Waals surface area contributed by atoms with E-state index in [1.807, 2.05) is 52.0 Å². The summed E-state index contributed by atoms with van der Waals surface area (Å²) < 4.78 is 1.86. The van der Waals surface area contributed by atoms with Gasteiger partial charge in [-0.3, -0.25) is 9.78 Å². The van der Waals surface area contributed by atoms with Crippen molar-refractivity contribution in [3.05, 3.63) is 66.4 Å². The molecule has 1 amide bonds. The van der Waals surface area contributed by atoms with Gasteiger partial charge in [0.2, 0.25) is 0 Å². The van der Waals surface area contributed by atoms with Crippen LogP contribution in [0.4, 0.5) is 0 Å². The van der Waals surface area contributed by atoms with Crippen molar-refractivity contribution in [2.75, 3.05) is 13.1 Å². The minimum absolute atomic E-state index is 0.0674. The van der Waals surface area contributed by atoms with Crippen LogP contribution < -0.4 is 0 Å². The standard InChI is InChI=1S/C16H14N4O/c21-16(12-4-5-15-18-7-8-19(15)9-12)20-10-13(11-20)14-3-1-2-6-17-14/h1-9,13H,10-11H2. The average Bonchev–Trinajstić information content (AvgIpc) is 2.94. The Kier molecular flexibility index (Phi) is 2.70. The fourth-order valence-corrected chi connectivity index (χ4v) is 2.68. The highest BCUT2D eigenvalue weighted by Crippen LogP contribution is 2.26. The number of carbonyl (C=O) groups is 1.